The summed E-state index contributed by atoms with van der Waals surface area (Å²) in [6, 6.07) is 10.5. The second-order valence-electron chi connectivity index (χ2n) is 2.57. The Morgan fingerprint density at radius 3 is 1.54 bits per heavy atom. The molecule has 0 aromatic heterocycles. The summed E-state index contributed by atoms with van der Waals surface area (Å²) in [5.41, 5.74) is 1.41. The fraction of sp³-hybridized carbons (Fsp3) is 0.417. The molecule has 13 heavy (non-hydrogen) atoms. The Bertz CT molecular complexity index is 168. The van der Waals surface area contributed by atoms with Crippen LogP contribution >= 0.6 is 0 Å². The molecule has 1 radical (unpaired) electrons. The molecule has 0 aliphatic heterocycles. The van der Waals surface area contributed by atoms with Crippen molar-refractivity contribution in [2.24, 2.45) is 0 Å². The molecule has 1 aromatic rings. The molecule has 1 rings (SSSR count). The monoisotopic (exact) mass is 254 g/mol. The maximum Gasteiger partial charge on any atom is 0 e. The third-order valence-electron chi connectivity index (χ3n) is 1.47. The van der Waals surface area contributed by atoms with Crippen LogP contribution in [0.5, 0.6) is 0 Å². The first-order valence-corrected chi connectivity index (χ1v) is 4.35. The third kappa shape index (κ3) is 8.65. The molecule has 0 N–H and O–H groups in total. The standard InChI is InChI=1S/C9H12.C2H6.CH3.Y/c1-8(2)9-6-4-3-5-7-9;1-2;;/h3-8H,1-2H3;1-2H3;1H3;/q;;-1;. The van der Waals surface area contributed by atoms with E-state index < -0.39 is 0 Å². The van der Waals surface area contributed by atoms with E-state index in [1.54, 1.807) is 0 Å². The van der Waals surface area contributed by atoms with Crippen LogP contribution in [0.1, 0.15) is 39.2 Å². The number of hydrogen-bond acceptors (Lipinski definition) is 0. The van der Waals surface area contributed by atoms with Crippen LogP contribution in [-0.2, 0) is 32.7 Å². The summed E-state index contributed by atoms with van der Waals surface area (Å²) in [7, 11) is 0. The van der Waals surface area contributed by atoms with E-state index in [9.17, 15) is 0 Å². The number of benzene rings is 1. The van der Waals surface area contributed by atoms with Crippen molar-refractivity contribution in [2.45, 2.75) is 33.6 Å². The second-order valence-corrected chi connectivity index (χ2v) is 2.57. The first-order valence-electron chi connectivity index (χ1n) is 4.35. The molecule has 0 bridgehead atoms. The zero-order valence-electron chi connectivity index (χ0n) is 9.54. The van der Waals surface area contributed by atoms with Gasteiger partial charge in [0.15, 0.2) is 0 Å². The average molecular weight is 254 g/mol. The van der Waals surface area contributed by atoms with Crippen LogP contribution in [0.2, 0.25) is 0 Å². The SMILES string of the molecule is CC.CC(C)c1ccccc1.[CH3-].[Y]. The summed E-state index contributed by atoms with van der Waals surface area (Å²) in [6.45, 7) is 8.41. The van der Waals surface area contributed by atoms with E-state index in [1.165, 1.54) is 5.56 Å². The zero-order valence-corrected chi connectivity index (χ0v) is 12.4. The first kappa shape index (κ1) is 19.0. The maximum atomic E-state index is 2.20. The van der Waals surface area contributed by atoms with Crippen LogP contribution in [0.4, 0.5) is 0 Å². The molecule has 0 aliphatic rings. The molecule has 1 aromatic carbocycles. The smallest absolute Gasteiger partial charge is 0 e. The van der Waals surface area contributed by atoms with Gasteiger partial charge in [-0.05, 0) is 11.5 Å². The van der Waals surface area contributed by atoms with Gasteiger partial charge in [0.1, 0.15) is 0 Å². The molecule has 0 fully saturated rings. The van der Waals surface area contributed by atoms with Crippen LogP contribution < -0.4 is 0 Å². The molecule has 0 nitrogen and oxygen atoms in total. The molecule has 1 heteroatoms. The van der Waals surface area contributed by atoms with Crippen LogP contribution in [0.3, 0.4) is 0 Å². The molecule has 0 spiro atoms. The van der Waals surface area contributed by atoms with Crippen molar-refractivity contribution in [3.05, 3.63) is 43.3 Å². The Hall–Kier alpha value is 0.324. The largest absolute Gasteiger partial charge is 0.358 e. The van der Waals surface area contributed by atoms with Crippen LogP contribution in [-0.4, -0.2) is 0 Å². The Morgan fingerprint density at radius 2 is 1.31 bits per heavy atom. The van der Waals surface area contributed by atoms with Crippen LogP contribution in [0.15, 0.2) is 30.3 Å². The van der Waals surface area contributed by atoms with Crippen LogP contribution in [0, 0.1) is 7.43 Å². The van der Waals surface area contributed by atoms with E-state index in [0.29, 0.717) is 5.92 Å². The van der Waals surface area contributed by atoms with Crippen molar-refractivity contribution in [3.8, 4) is 0 Å². The third-order valence-corrected chi connectivity index (χ3v) is 1.47. The van der Waals surface area contributed by atoms with Gasteiger partial charge in [-0.3, -0.25) is 0 Å². The number of hydrogen-bond donors (Lipinski definition) is 0. The first-order chi connectivity index (χ1) is 5.30. The molecule has 0 saturated carbocycles. The summed E-state index contributed by atoms with van der Waals surface area (Å²) >= 11 is 0. The van der Waals surface area contributed by atoms with Gasteiger partial charge in [0.05, 0.1) is 0 Å². The maximum absolute atomic E-state index is 2.20. The van der Waals surface area contributed by atoms with Gasteiger partial charge in [-0.1, -0.05) is 58.0 Å². The molecule has 73 valence electrons. The number of rotatable bonds is 1. The van der Waals surface area contributed by atoms with Gasteiger partial charge in [-0.25, -0.2) is 0 Å². The minimum Gasteiger partial charge on any atom is -0.358 e. The Balaban J connectivity index is -0.000000234. The van der Waals surface area contributed by atoms with Crippen LogP contribution in [0.25, 0.3) is 0 Å². The topological polar surface area (TPSA) is 0 Å². The van der Waals surface area contributed by atoms with E-state index in [0.717, 1.165) is 0 Å². The fourth-order valence-electron chi connectivity index (χ4n) is 0.838. The van der Waals surface area contributed by atoms with Gasteiger partial charge in [0, 0.05) is 32.7 Å². The predicted molar refractivity (Wildman–Crippen MR) is 58.3 cm³/mol. The van der Waals surface area contributed by atoms with E-state index in [-0.39, 0.29) is 40.1 Å². The summed E-state index contributed by atoms with van der Waals surface area (Å²) in [4.78, 5) is 0. The normalized spacial score (nSPS) is 7.46. The van der Waals surface area contributed by atoms with Crippen molar-refractivity contribution < 1.29 is 32.7 Å². The predicted octanol–water partition coefficient (Wildman–Crippen LogP) is 4.28. The quantitative estimate of drug-likeness (QED) is 0.656. The summed E-state index contributed by atoms with van der Waals surface area (Å²) < 4.78 is 0. The molecular formula is C12H21Y-. The van der Waals surface area contributed by atoms with E-state index in [2.05, 4.69) is 38.1 Å². The minimum atomic E-state index is 0. The fourth-order valence-corrected chi connectivity index (χ4v) is 0.838. The van der Waals surface area contributed by atoms with Gasteiger partial charge >= 0.3 is 0 Å². The second kappa shape index (κ2) is 12.3. The minimum absolute atomic E-state index is 0. The van der Waals surface area contributed by atoms with Crippen molar-refractivity contribution in [1.82, 2.24) is 0 Å². The molecule has 0 amide bonds. The summed E-state index contributed by atoms with van der Waals surface area (Å²) in [5, 5.41) is 0. The molecule has 0 aliphatic carbocycles. The Labute approximate surface area is 109 Å². The van der Waals surface area contributed by atoms with Crippen molar-refractivity contribution in [2.75, 3.05) is 0 Å². The van der Waals surface area contributed by atoms with Gasteiger partial charge in [-0.2, -0.15) is 0 Å². The van der Waals surface area contributed by atoms with Crippen molar-refractivity contribution >= 4 is 0 Å². The Kier molecular flexibility index (Phi) is 18.0. The van der Waals surface area contributed by atoms with Gasteiger partial charge in [-0.15, -0.1) is 0 Å². The van der Waals surface area contributed by atoms with Gasteiger partial charge in [0.25, 0.3) is 0 Å². The zero-order chi connectivity index (χ0) is 8.69. The Morgan fingerprint density at radius 1 is 0.923 bits per heavy atom. The van der Waals surface area contributed by atoms with E-state index in [1.807, 2.05) is 19.9 Å². The van der Waals surface area contributed by atoms with Crippen molar-refractivity contribution in [1.29, 1.82) is 0 Å². The van der Waals surface area contributed by atoms with Gasteiger partial charge in [0.2, 0.25) is 0 Å². The summed E-state index contributed by atoms with van der Waals surface area (Å²) in [6.07, 6.45) is 0. The molecule has 0 atom stereocenters. The van der Waals surface area contributed by atoms with E-state index in [4.69, 9.17) is 0 Å². The molecule has 0 heterocycles. The van der Waals surface area contributed by atoms with Gasteiger partial charge < -0.3 is 7.43 Å². The summed E-state index contributed by atoms with van der Waals surface area (Å²) in [5.74, 6) is 0.659. The molecule has 0 unspecified atom stereocenters. The molecular weight excluding hydrogens is 233 g/mol. The van der Waals surface area contributed by atoms with Crippen molar-refractivity contribution in [3.63, 3.8) is 0 Å². The molecule has 0 saturated heterocycles. The van der Waals surface area contributed by atoms with E-state index >= 15 is 0 Å². The average Bonchev–Trinajstić information content (AvgIpc) is 2.10.